The number of hydrogen-bond donors (Lipinski definition) is 1. The molecule has 0 spiro atoms. The van der Waals surface area contributed by atoms with Gasteiger partial charge in [-0.25, -0.2) is 4.99 Å². The molecule has 0 saturated heterocycles. The van der Waals surface area contributed by atoms with Crippen LogP contribution in [0.1, 0.15) is 13.8 Å². The van der Waals surface area contributed by atoms with E-state index in [0.29, 0.717) is 5.92 Å². The molecule has 0 atom stereocenters. The van der Waals surface area contributed by atoms with Gasteiger partial charge in [-0.05, 0) is 18.1 Å². The van der Waals surface area contributed by atoms with Gasteiger partial charge in [-0.15, -0.1) is 0 Å². The number of aliphatic hydroxyl groups is 1. The van der Waals surface area contributed by atoms with Crippen molar-refractivity contribution >= 4 is 6.21 Å². The summed E-state index contributed by atoms with van der Waals surface area (Å²) in [5.74, 6) is 0.185. The third-order valence-corrected chi connectivity index (χ3v) is 1.12. The molecule has 0 unspecified atom stereocenters. The quantitative estimate of drug-likeness (QED) is 0.472. The lowest BCUT2D eigenvalue weighted by Gasteiger charge is -2.00. The van der Waals surface area contributed by atoms with E-state index in [2.05, 4.69) is 18.2 Å². The molecular weight excluding hydrogens is 126 g/mol. The van der Waals surface area contributed by atoms with Crippen molar-refractivity contribution in [3.05, 3.63) is 24.6 Å². The molecule has 10 heavy (non-hydrogen) atoms. The summed E-state index contributed by atoms with van der Waals surface area (Å²) in [7, 11) is 0. The normalized spacial score (nSPS) is 10.7. The van der Waals surface area contributed by atoms with E-state index in [1.54, 1.807) is 0 Å². The fourth-order valence-electron chi connectivity index (χ4n) is 0.306. The molecule has 0 aliphatic heterocycles. The van der Waals surface area contributed by atoms with Crippen molar-refractivity contribution < 1.29 is 5.11 Å². The van der Waals surface area contributed by atoms with Gasteiger partial charge in [-0.2, -0.15) is 0 Å². The molecule has 56 valence electrons. The summed E-state index contributed by atoms with van der Waals surface area (Å²) in [6.45, 7) is 10.9. The summed E-state index contributed by atoms with van der Waals surface area (Å²) in [5.41, 5.74) is 0.884. The van der Waals surface area contributed by atoms with Crippen molar-refractivity contribution in [3.8, 4) is 0 Å². The molecule has 0 amide bonds. The first kappa shape index (κ1) is 8.95. The molecule has 0 aromatic carbocycles. The molecule has 0 bridgehead atoms. The molecule has 0 saturated carbocycles. The number of allylic oxidation sites excluding steroid dienone is 1. The van der Waals surface area contributed by atoms with E-state index in [1.165, 1.54) is 6.21 Å². The van der Waals surface area contributed by atoms with Gasteiger partial charge in [0.15, 0.2) is 0 Å². The predicted octanol–water partition coefficient (Wildman–Crippen LogP) is 2.30. The first-order valence-electron chi connectivity index (χ1n) is 3.14. The second kappa shape index (κ2) is 3.88. The minimum absolute atomic E-state index is 0.179. The molecule has 0 rings (SSSR count). The minimum atomic E-state index is -0.179. The Kier molecular flexibility index (Phi) is 3.47. The smallest absolute Gasteiger partial charge is 0.203 e. The lowest BCUT2D eigenvalue weighted by atomic mass is 10.1. The Balaban J connectivity index is 3.90. The zero-order chi connectivity index (χ0) is 8.15. The zero-order valence-corrected chi connectivity index (χ0v) is 6.46. The van der Waals surface area contributed by atoms with Crippen LogP contribution in [-0.4, -0.2) is 11.3 Å². The van der Waals surface area contributed by atoms with Crippen molar-refractivity contribution in [1.82, 2.24) is 0 Å². The molecule has 0 aliphatic carbocycles. The highest BCUT2D eigenvalue weighted by atomic mass is 16.3. The highest BCUT2D eigenvalue weighted by molar-refractivity contribution is 5.78. The first-order valence-corrected chi connectivity index (χ1v) is 3.14. The Bertz CT molecular complexity index is 168. The van der Waals surface area contributed by atoms with E-state index < -0.39 is 0 Å². The number of aliphatic hydroxyl groups excluding tert-OH is 1. The second-order valence-corrected chi connectivity index (χ2v) is 2.40. The highest BCUT2D eigenvalue weighted by Crippen LogP contribution is 2.03. The van der Waals surface area contributed by atoms with Gasteiger partial charge >= 0.3 is 0 Å². The average molecular weight is 139 g/mol. The van der Waals surface area contributed by atoms with Crippen LogP contribution in [0.2, 0.25) is 0 Å². The summed E-state index contributed by atoms with van der Waals surface area (Å²) < 4.78 is 0. The highest BCUT2D eigenvalue weighted by Gasteiger charge is 1.94. The SMILES string of the molecule is C=C(O)/N=C\C(=C)C(C)C. The molecule has 2 heteroatoms. The van der Waals surface area contributed by atoms with Gasteiger partial charge in [0.25, 0.3) is 0 Å². The van der Waals surface area contributed by atoms with Gasteiger partial charge in [0, 0.05) is 6.21 Å². The lowest BCUT2D eigenvalue weighted by Crippen LogP contribution is -1.92. The van der Waals surface area contributed by atoms with Gasteiger partial charge in [-0.1, -0.05) is 20.4 Å². The van der Waals surface area contributed by atoms with E-state index in [4.69, 9.17) is 5.11 Å². The fraction of sp³-hybridized carbons (Fsp3) is 0.375. The predicted molar refractivity (Wildman–Crippen MR) is 44.2 cm³/mol. The summed E-state index contributed by atoms with van der Waals surface area (Å²) in [6.07, 6.45) is 1.52. The third-order valence-electron chi connectivity index (χ3n) is 1.12. The third kappa shape index (κ3) is 3.89. The number of nitrogens with zero attached hydrogens (tertiary/aromatic N) is 1. The van der Waals surface area contributed by atoms with Crippen molar-refractivity contribution in [2.75, 3.05) is 0 Å². The number of rotatable bonds is 3. The minimum Gasteiger partial charge on any atom is -0.494 e. The van der Waals surface area contributed by atoms with Crippen molar-refractivity contribution in [3.63, 3.8) is 0 Å². The number of hydrogen-bond acceptors (Lipinski definition) is 2. The van der Waals surface area contributed by atoms with Crippen LogP contribution < -0.4 is 0 Å². The zero-order valence-electron chi connectivity index (χ0n) is 6.46. The molecule has 0 radical (unpaired) electrons. The second-order valence-electron chi connectivity index (χ2n) is 2.40. The monoisotopic (exact) mass is 139 g/mol. The molecule has 0 aliphatic rings. The van der Waals surface area contributed by atoms with Gasteiger partial charge in [-0.3, -0.25) is 0 Å². The maximum absolute atomic E-state index is 8.55. The summed E-state index contributed by atoms with van der Waals surface area (Å²) in [6, 6.07) is 0. The van der Waals surface area contributed by atoms with E-state index in [9.17, 15) is 0 Å². The average Bonchev–Trinajstić information content (AvgIpc) is 1.82. The molecule has 0 aromatic heterocycles. The molecule has 0 aromatic rings. The fourth-order valence-corrected chi connectivity index (χ4v) is 0.306. The topological polar surface area (TPSA) is 32.6 Å². The first-order chi connectivity index (χ1) is 4.54. The van der Waals surface area contributed by atoms with Crippen molar-refractivity contribution in [1.29, 1.82) is 0 Å². The summed E-state index contributed by atoms with van der Waals surface area (Å²) >= 11 is 0. The van der Waals surface area contributed by atoms with E-state index in [-0.39, 0.29) is 5.88 Å². The van der Waals surface area contributed by atoms with Crippen LogP contribution in [-0.2, 0) is 0 Å². The van der Waals surface area contributed by atoms with Gasteiger partial charge in [0.1, 0.15) is 0 Å². The van der Waals surface area contributed by atoms with Crippen molar-refractivity contribution in [2.45, 2.75) is 13.8 Å². The summed E-state index contributed by atoms with van der Waals surface area (Å²) in [4.78, 5) is 3.58. The van der Waals surface area contributed by atoms with Gasteiger partial charge in [0.05, 0.1) is 0 Å². The Labute approximate surface area is 61.6 Å². The van der Waals surface area contributed by atoms with Crippen LogP contribution in [0.15, 0.2) is 29.6 Å². The number of aliphatic imine (C=N–C) groups is 1. The Morgan fingerprint density at radius 2 is 2.00 bits per heavy atom. The van der Waals surface area contributed by atoms with Crippen LogP contribution >= 0.6 is 0 Å². The van der Waals surface area contributed by atoms with Gasteiger partial charge in [0.2, 0.25) is 5.88 Å². The van der Waals surface area contributed by atoms with E-state index >= 15 is 0 Å². The standard InChI is InChI=1S/C8H13NO/c1-6(2)7(3)5-9-8(4)10/h5-6,10H,3-4H2,1-2H3/b9-5-. The Morgan fingerprint density at radius 3 is 2.30 bits per heavy atom. The van der Waals surface area contributed by atoms with Gasteiger partial charge < -0.3 is 5.11 Å². The van der Waals surface area contributed by atoms with E-state index in [0.717, 1.165) is 5.57 Å². The largest absolute Gasteiger partial charge is 0.494 e. The van der Waals surface area contributed by atoms with Crippen LogP contribution in [0.4, 0.5) is 0 Å². The molecule has 2 nitrogen and oxygen atoms in total. The lowest BCUT2D eigenvalue weighted by molar-refractivity contribution is 0.410. The molecular formula is C8H13NO. The maximum atomic E-state index is 8.55. The Hall–Kier alpha value is -1.05. The maximum Gasteiger partial charge on any atom is 0.203 e. The van der Waals surface area contributed by atoms with Crippen LogP contribution in [0, 0.1) is 5.92 Å². The molecule has 1 N–H and O–H groups in total. The van der Waals surface area contributed by atoms with E-state index in [1.807, 2.05) is 13.8 Å². The van der Waals surface area contributed by atoms with Crippen molar-refractivity contribution in [2.24, 2.45) is 10.9 Å². The van der Waals surface area contributed by atoms with Crippen LogP contribution in [0.3, 0.4) is 0 Å². The van der Waals surface area contributed by atoms with Crippen LogP contribution in [0.5, 0.6) is 0 Å². The molecule has 0 fully saturated rings. The Morgan fingerprint density at radius 1 is 1.50 bits per heavy atom. The molecule has 0 heterocycles. The summed E-state index contributed by atoms with van der Waals surface area (Å²) in [5, 5.41) is 8.55. The van der Waals surface area contributed by atoms with Crippen LogP contribution in [0.25, 0.3) is 0 Å².